The van der Waals surface area contributed by atoms with Gasteiger partial charge in [-0.15, -0.1) is 0 Å². The minimum absolute atomic E-state index is 0.716. The van der Waals surface area contributed by atoms with Crippen LogP contribution in [0.1, 0.15) is 11.1 Å². The molecule has 0 spiro atoms. The van der Waals surface area contributed by atoms with Gasteiger partial charge in [0.25, 0.3) is 0 Å². The molecule has 0 aliphatic carbocycles. The van der Waals surface area contributed by atoms with Crippen LogP contribution in [0.25, 0.3) is 22.2 Å². The van der Waals surface area contributed by atoms with E-state index in [-0.39, 0.29) is 0 Å². The zero-order valence-corrected chi connectivity index (χ0v) is 19.5. The quantitative estimate of drug-likeness (QED) is 0.477. The Morgan fingerprint density at radius 1 is 0.909 bits per heavy atom. The maximum Gasteiger partial charge on any atom is 0.206 e. The Kier molecular flexibility index (Phi) is 5.92. The van der Waals surface area contributed by atoms with E-state index in [1.54, 1.807) is 14.2 Å². The third-order valence-electron chi connectivity index (χ3n) is 6.31. The molecule has 2 heterocycles. The molecule has 170 valence electrons. The summed E-state index contributed by atoms with van der Waals surface area (Å²) in [6.45, 7) is 6.74. The van der Waals surface area contributed by atoms with Crippen LogP contribution in [-0.2, 0) is 6.54 Å². The van der Waals surface area contributed by atoms with Crippen LogP contribution in [0.15, 0.2) is 60.7 Å². The van der Waals surface area contributed by atoms with Gasteiger partial charge in [0.15, 0.2) is 11.5 Å². The number of aryl methyl sites for hydroxylation is 1. The summed E-state index contributed by atoms with van der Waals surface area (Å²) in [6, 6.07) is 21.2. The fourth-order valence-electron chi connectivity index (χ4n) is 4.51. The number of ether oxygens (including phenoxy) is 2. The Labute approximate surface area is 194 Å². The largest absolute Gasteiger partial charge is 0.493 e. The van der Waals surface area contributed by atoms with E-state index in [2.05, 4.69) is 70.2 Å². The number of hydrogen-bond acceptors (Lipinski definition) is 5. The summed E-state index contributed by atoms with van der Waals surface area (Å²) >= 11 is 0. The SMILES string of the molecule is COc1ccc(-c2cccc3c2nc(N2CCNCC2)n3Cc2ccc(C)cc2)cc1OC. The molecule has 0 unspecified atom stereocenters. The molecule has 0 amide bonds. The first-order chi connectivity index (χ1) is 16.2. The van der Waals surface area contributed by atoms with Gasteiger partial charge >= 0.3 is 0 Å². The summed E-state index contributed by atoms with van der Waals surface area (Å²) in [4.78, 5) is 7.61. The maximum absolute atomic E-state index is 5.56. The van der Waals surface area contributed by atoms with Gasteiger partial charge in [0.1, 0.15) is 0 Å². The summed E-state index contributed by atoms with van der Waals surface area (Å²) < 4.78 is 13.3. The monoisotopic (exact) mass is 442 g/mol. The third kappa shape index (κ3) is 4.14. The number of aromatic nitrogens is 2. The molecule has 1 saturated heterocycles. The number of methoxy groups -OCH3 is 2. The highest BCUT2D eigenvalue weighted by Crippen LogP contribution is 2.36. The number of piperazine rings is 1. The van der Waals surface area contributed by atoms with E-state index in [0.29, 0.717) is 5.75 Å². The van der Waals surface area contributed by atoms with Crippen LogP contribution in [0, 0.1) is 6.92 Å². The van der Waals surface area contributed by atoms with Gasteiger partial charge in [-0.3, -0.25) is 0 Å². The third-order valence-corrected chi connectivity index (χ3v) is 6.31. The molecule has 3 aromatic carbocycles. The fraction of sp³-hybridized carbons (Fsp3) is 0.296. The number of anilines is 1. The smallest absolute Gasteiger partial charge is 0.206 e. The number of nitrogens with zero attached hydrogens (tertiary/aromatic N) is 3. The van der Waals surface area contributed by atoms with Crippen molar-refractivity contribution in [1.82, 2.24) is 14.9 Å². The van der Waals surface area contributed by atoms with Crippen molar-refractivity contribution in [3.63, 3.8) is 0 Å². The second kappa shape index (κ2) is 9.16. The zero-order chi connectivity index (χ0) is 22.8. The first-order valence-corrected chi connectivity index (χ1v) is 11.4. The minimum atomic E-state index is 0.716. The Morgan fingerprint density at radius 2 is 1.67 bits per heavy atom. The van der Waals surface area contributed by atoms with E-state index in [1.165, 1.54) is 11.1 Å². The second-order valence-electron chi connectivity index (χ2n) is 8.46. The van der Waals surface area contributed by atoms with Crippen LogP contribution in [0.4, 0.5) is 5.95 Å². The fourth-order valence-corrected chi connectivity index (χ4v) is 4.51. The number of fused-ring (bicyclic) bond motifs is 1. The number of para-hydroxylation sites is 1. The van der Waals surface area contributed by atoms with Crippen molar-refractivity contribution < 1.29 is 9.47 Å². The number of benzene rings is 3. The van der Waals surface area contributed by atoms with Gasteiger partial charge in [-0.1, -0.05) is 48.0 Å². The van der Waals surface area contributed by atoms with Gasteiger partial charge in [0, 0.05) is 31.7 Å². The Hall–Kier alpha value is -3.51. The lowest BCUT2D eigenvalue weighted by molar-refractivity contribution is 0.355. The van der Waals surface area contributed by atoms with Crippen LogP contribution < -0.4 is 19.7 Å². The average Bonchev–Trinajstić information content (AvgIpc) is 3.24. The van der Waals surface area contributed by atoms with Crippen molar-refractivity contribution in [1.29, 1.82) is 0 Å². The summed E-state index contributed by atoms with van der Waals surface area (Å²) in [7, 11) is 3.33. The summed E-state index contributed by atoms with van der Waals surface area (Å²) in [6.07, 6.45) is 0. The van der Waals surface area contributed by atoms with Crippen LogP contribution in [0.5, 0.6) is 11.5 Å². The van der Waals surface area contributed by atoms with Crippen molar-refractivity contribution in [3.8, 4) is 22.6 Å². The zero-order valence-electron chi connectivity index (χ0n) is 19.5. The molecule has 33 heavy (non-hydrogen) atoms. The van der Waals surface area contributed by atoms with Gasteiger partial charge in [0.2, 0.25) is 5.95 Å². The molecule has 0 bridgehead atoms. The van der Waals surface area contributed by atoms with E-state index in [9.17, 15) is 0 Å². The summed E-state index contributed by atoms with van der Waals surface area (Å²) in [5.74, 6) is 2.47. The lowest BCUT2D eigenvalue weighted by Crippen LogP contribution is -2.44. The van der Waals surface area contributed by atoms with E-state index >= 15 is 0 Å². The first-order valence-electron chi connectivity index (χ1n) is 11.4. The van der Waals surface area contributed by atoms with E-state index in [1.807, 2.05) is 12.1 Å². The predicted octanol–water partition coefficient (Wildman–Crippen LogP) is 4.49. The molecule has 0 atom stereocenters. The molecule has 1 aromatic heterocycles. The molecule has 1 fully saturated rings. The molecule has 6 heteroatoms. The highest BCUT2D eigenvalue weighted by atomic mass is 16.5. The molecule has 0 radical (unpaired) electrons. The molecule has 1 aliphatic heterocycles. The molecule has 1 aliphatic rings. The van der Waals surface area contributed by atoms with Crippen molar-refractivity contribution in [2.75, 3.05) is 45.3 Å². The standard InChI is InChI=1S/C27H30N4O2/c1-19-7-9-20(10-8-19)18-31-23-6-4-5-22(21-11-12-24(32-2)25(17-21)33-3)26(23)29-27(31)30-15-13-28-14-16-30/h4-12,17,28H,13-16,18H2,1-3H3. The van der Waals surface area contributed by atoms with E-state index in [4.69, 9.17) is 14.5 Å². The van der Waals surface area contributed by atoms with Crippen molar-refractivity contribution in [2.24, 2.45) is 0 Å². The van der Waals surface area contributed by atoms with Crippen molar-refractivity contribution in [3.05, 3.63) is 71.8 Å². The maximum atomic E-state index is 5.56. The van der Waals surface area contributed by atoms with E-state index in [0.717, 1.165) is 66.6 Å². The highest BCUT2D eigenvalue weighted by Gasteiger charge is 2.21. The number of imidazole rings is 1. The average molecular weight is 443 g/mol. The van der Waals surface area contributed by atoms with Gasteiger partial charge in [-0.2, -0.15) is 0 Å². The summed E-state index contributed by atoms with van der Waals surface area (Å²) in [5.41, 5.74) is 6.83. The minimum Gasteiger partial charge on any atom is -0.493 e. The first kappa shape index (κ1) is 21.3. The Bertz CT molecular complexity index is 1260. The topological polar surface area (TPSA) is 51.5 Å². The van der Waals surface area contributed by atoms with Gasteiger partial charge in [-0.05, 0) is 36.2 Å². The Morgan fingerprint density at radius 3 is 2.39 bits per heavy atom. The van der Waals surface area contributed by atoms with E-state index < -0.39 is 0 Å². The van der Waals surface area contributed by atoms with Crippen LogP contribution in [0.3, 0.4) is 0 Å². The lowest BCUT2D eigenvalue weighted by Gasteiger charge is -2.29. The van der Waals surface area contributed by atoms with Gasteiger partial charge in [-0.25, -0.2) is 4.98 Å². The number of nitrogens with one attached hydrogen (secondary N) is 1. The van der Waals surface area contributed by atoms with Crippen molar-refractivity contribution >= 4 is 17.0 Å². The van der Waals surface area contributed by atoms with Crippen LogP contribution >= 0.6 is 0 Å². The molecular formula is C27H30N4O2. The van der Waals surface area contributed by atoms with Crippen molar-refractivity contribution in [2.45, 2.75) is 13.5 Å². The van der Waals surface area contributed by atoms with Gasteiger partial charge in [0.05, 0.1) is 31.8 Å². The van der Waals surface area contributed by atoms with Gasteiger partial charge < -0.3 is 24.3 Å². The Balaban J connectivity index is 1.65. The number of rotatable bonds is 6. The summed E-state index contributed by atoms with van der Waals surface area (Å²) in [5, 5.41) is 3.45. The van der Waals surface area contributed by atoms with Crippen LogP contribution in [-0.4, -0.2) is 49.9 Å². The molecule has 1 N–H and O–H groups in total. The molecule has 0 saturated carbocycles. The molecule has 4 aromatic rings. The highest BCUT2D eigenvalue weighted by molar-refractivity contribution is 5.94. The second-order valence-corrected chi connectivity index (χ2v) is 8.46. The molecule has 6 nitrogen and oxygen atoms in total. The molecule has 5 rings (SSSR count). The number of hydrogen-bond donors (Lipinski definition) is 1. The predicted molar refractivity (Wildman–Crippen MR) is 134 cm³/mol. The van der Waals surface area contributed by atoms with Crippen LogP contribution in [0.2, 0.25) is 0 Å². The lowest BCUT2D eigenvalue weighted by atomic mass is 10.0. The normalized spacial score (nSPS) is 14.0. The molecular weight excluding hydrogens is 412 g/mol.